The van der Waals surface area contributed by atoms with Gasteiger partial charge in [-0.15, -0.1) is 0 Å². The van der Waals surface area contributed by atoms with Gasteiger partial charge in [0.1, 0.15) is 11.3 Å². The highest BCUT2D eigenvalue weighted by atomic mass is 35.5. The summed E-state index contributed by atoms with van der Waals surface area (Å²) in [6.07, 6.45) is 0.126. The molecule has 19 heavy (non-hydrogen) atoms. The number of benzene rings is 1. The lowest BCUT2D eigenvalue weighted by Gasteiger charge is -2.08. The molecule has 0 bridgehead atoms. The number of halogens is 1. The zero-order chi connectivity index (χ0) is 14.2. The Balaban J connectivity index is 2.61. The number of carboxylic acids is 1. The first-order valence-electron chi connectivity index (χ1n) is 5.84. The fraction of sp³-hybridized carbons (Fsp3) is 0.286. The molecule has 0 aliphatic heterocycles. The van der Waals surface area contributed by atoms with Gasteiger partial charge in [-0.25, -0.2) is 0 Å². The van der Waals surface area contributed by atoms with Crippen LogP contribution in [0.3, 0.4) is 0 Å². The number of hydrogen-bond acceptors (Lipinski definition) is 3. The van der Waals surface area contributed by atoms with Crippen molar-refractivity contribution in [2.75, 3.05) is 0 Å². The number of carbonyl (C=O) groups is 1. The molecule has 1 N–H and O–H groups in total. The van der Waals surface area contributed by atoms with E-state index in [0.29, 0.717) is 27.3 Å². The summed E-state index contributed by atoms with van der Waals surface area (Å²) in [5.74, 6) is -0.549. The molecule has 0 aliphatic rings. The lowest BCUT2D eigenvalue weighted by molar-refractivity contribution is -0.137. The van der Waals surface area contributed by atoms with Crippen LogP contribution in [0.1, 0.15) is 23.3 Å². The highest BCUT2D eigenvalue weighted by Crippen LogP contribution is 2.27. The summed E-state index contributed by atoms with van der Waals surface area (Å²) in [5, 5.41) is 9.65. The molecule has 100 valence electrons. The molecule has 0 radical (unpaired) electrons. The molecular formula is C14H13ClO4. The first-order valence-corrected chi connectivity index (χ1v) is 6.22. The molecule has 0 saturated heterocycles. The van der Waals surface area contributed by atoms with E-state index >= 15 is 0 Å². The molecule has 0 fully saturated rings. The van der Waals surface area contributed by atoms with Gasteiger partial charge in [0, 0.05) is 17.5 Å². The summed E-state index contributed by atoms with van der Waals surface area (Å²) in [5.41, 5.74) is 1.77. The van der Waals surface area contributed by atoms with Crippen LogP contribution in [0.2, 0.25) is 5.02 Å². The van der Waals surface area contributed by atoms with E-state index in [1.54, 1.807) is 13.0 Å². The minimum atomic E-state index is -0.925. The predicted octanol–water partition coefficient (Wildman–Crippen LogP) is 3.08. The Bertz CT molecular complexity index is 715. The molecule has 5 heteroatoms. The average molecular weight is 281 g/mol. The standard InChI is InChI=1S/C14H13ClO4/c1-7-5-11-13(8(2)14(7)15)10(16)6-9(19-11)3-4-12(17)18/h5-6H,3-4H2,1-2H3,(H,17,18). The average Bonchev–Trinajstić information content (AvgIpc) is 2.33. The lowest BCUT2D eigenvalue weighted by Crippen LogP contribution is -2.06. The van der Waals surface area contributed by atoms with Crippen molar-refractivity contribution in [3.63, 3.8) is 0 Å². The Morgan fingerprint density at radius 1 is 1.37 bits per heavy atom. The van der Waals surface area contributed by atoms with Crippen LogP contribution in [0.25, 0.3) is 11.0 Å². The summed E-state index contributed by atoms with van der Waals surface area (Å²) in [6.45, 7) is 3.60. The van der Waals surface area contributed by atoms with Crippen molar-refractivity contribution in [2.24, 2.45) is 0 Å². The SMILES string of the molecule is Cc1cc2oc(CCC(=O)O)cc(=O)c2c(C)c1Cl. The maximum absolute atomic E-state index is 12.1. The number of hydrogen-bond donors (Lipinski definition) is 1. The molecule has 4 nitrogen and oxygen atoms in total. The molecule has 0 aliphatic carbocycles. The summed E-state index contributed by atoms with van der Waals surface area (Å²) in [4.78, 5) is 22.6. The highest BCUT2D eigenvalue weighted by Gasteiger charge is 2.12. The molecule has 1 aromatic heterocycles. The summed E-state index contributed by atoms with van der Waals surface area (Å²) in [6, 6.07) is 3.04. The molecule has 1 heterocycles. The van der Waals surface area contributed by atoms with Gasteiger partial charge in [0.05, 0.1) is 11.8 Å². The zero-order valence-electron chi connectivity index (χ0n) is 10.6. The van der Waals surface area contributed by atoms with E-state index in [2.05, 4.69) is 0 Å². The first kappa shape index (κ1) is 13.6. The van der Waals surface area contributed by atoms with Crippen LogP contribution in [0.15, 0.2) is 21.3 Å². The Morgan fingerprint density at radius 3 is 2.68 bits per heavy atom. The summed E-state index contributed by atoms with van der Waals surface area (Å²) < 4.78 is 5.59. The smallest absolute Gasteiger partial charge is 0.303 e. The second-order valence-electron chi connectivity index (χ2n) is 4.48. The van der Waals surface area contributed by atoms with E-state index < -0.39 is 5.97 Å². The number of rotatable bonds is 3. The van der Waals surface area contributed by atoms with E-state index in [1.165, 1.54) is 6.07 Å². The van der Waals surface area contributed by atoms with Crippen LogP contribution in [0.4, 0.5) is 0 Å². The van der Waals surface area contributed by atoms with Gasteiger partial charge < -0.3 is 9.52 Å². The largest absolute Gasteiger partial charge is 0.481 e. The van der Waals surface area contributed by atoms with Crippen molar-refractivity contribution in [2.45, 2.75) is 26.7 Å². The maximum atomic E-state index is 12.1. The van der Waals surface area contributed by atoms with Crippen LogP contribution in [0.5, 0.6) is 0 Å². The molecule has 0 amide bonds. The highest BCUT2D eigenvalue weighted by molar-refractivity contribution is 6.33. The number of fused-ring (bicyclic) bond motifs is 1. The van der Waals surface area contributed by atoms with Gasteiger partial charge in [-0.1, -0.05) is 11.6 Å². The van der Waals surface area contributed by atoms with E-state index in [1.807, 2.05) is 6.92 Å². The monoisotopic (exact) mass is 280 g/mol. The van der Waals surface area contributed by atoms with Crippen molar-refractivity contribution in [1.82, 2.24) is 0 Å². The third kappa shape index (κ3) is 2.63. The van der Waals surface area contributed by atoms with Crippen LogP contribution >= 0.6 is 11.6 Å². The van der Waals surface area contributed by atoms with Crippen LogP contribution in [0, 0.1) is 13.8 Å². The quantitative estimate of drug-likeness (QED) is 0.938. The van der Waals surface area contributed by atoms with Crippen LogP contribution in [-0.2, 0) is 11.2 Å². The Labute approximate surface area is 114 Å². The normalized spacial score (nSPS) is 10.9. The second-order valence-corrected chi connectivity index (χ2v) is 4.85. The summed E-state index contributed by atoms with van der Waals surface area (Å²) in [7, 11) is 0. The fourth-order valence-corrected chi connectivity index (χ4v) is 2.20. The van der Waals surface area contributed by atoms with E-state index in [0.717, 1.165) is 5.56 Å². The van der Waals surface area contributed by atoms with Gasteiger partial charge in [0.15, 0.2) is 5.43 Å². The van der Waals surface area contributed by atoms with Gasteiger partial charge >= 0.3 is 5.97 Å². The van der Waals surface area contributed by atoms with Crippen molar-refractivity contribution >= 4 is 28.5 Å². The first-order chi connectivity index (χ1) is 8.90. The van der Waals surface area contributed by atoms with Crippen molar-refractivity contribution < 1.29 is 14.3 Å². The molecule has 2 aromatic rings. The molecule has 0 unspecified atom stereocenters. The molecule has 0 atom stereocenters. The lowest BCUT2D eigenvalue weighted by atomic mass is 10.1. The molecule has 1 aromatic carbocycles. The van der Waals surface area contributed by atoms with Gasteiger partial charge in [0.2, 0.25) is 0 Å². The number of carboxylic acid groups (broad SMARTS) is 1. The van der Waals surface area contributed by atoms with Gasteiger partial charge in [-0.05, 0) is 31.0 Å². The Morgan fingerprint density at radius 2 is 2.05 bits per heavy atom. The Hall–Kier alpha value is -1.81. The molecular weight excluding hydrogens is 268 g/mol. The van der Waals surface area contributed by atoms with Crippen LogP contribution in [-0.4, -0.2) is 11.1 Å². The molecule has 0 saturated carbocycles. The second kappa shape index (κ2) is 5.05. The minimum absolute atomic E-state index is 0.0694. The maximum Gasteiger partial charge on any atom is 0.303 e. The summed E-state index contributed by atoms with van der Waals surface area (Å²) >= 11 is 6.11. The van der Waals surface area contributed by atoms with Crippen molar-refractivity contribution in [1.29, 1.82) is 0 Å². The van der Waals surface area contributed by atoms with Gasteiger partial charge in [-0.3, -0.25) is 9.59 Å². The van der Waals surface area contributed by atoms with E-state index in [-0.39, 0.29) is 18.3 Å². The van der Waals surface area contributed by atoms with E-state index in [4.69, 9.17) is 21.1 Å². The Kier molecular flexibility index (Phi) is 3.62. The van der Waals surface area contributed by atoms with Crippen molar-refractivity contribution in [3.05, 3.63) is 44.3 Å². The molecule has 2 rings (SSSR count). The van der Waals surface area contributed by atoms with Crippen molar-refractivity contribution in [3.8, 4) is 0 Å². The topological polar surface area (TPSA) is 67.5 Å². The fourth-order valence-electron chi connectivity index (χ4n) is 2.05. The number of aliphatic carboxylic acids is 1. The third-order valence-electron chi connectivity index (χ3n) is 3.01. The molecule has 0 spiro atoms. The predicted molar refractivity (Wildman–Crippen MR) is 72.9 cm³/mol. The third-order valence-corrected chi connectivity index (χ3v) is 3.59. The van der Waals surface area contributed by atoms with Crippen LogP contribution < -0.4 is 5.43 Å². The minimum Gasteiger partial charge on any atom is -0.481 e. The number of aryl methyl sites for hydroxylation is 3. The zero-order valence-corrected chi connectivity index (χ0v) is 11.4. The van der Waals surface area contributed by atoms with Gasteiger partial charge in [-0.2, -0.15) is 0 Å². The van der Waals surface area contributed by atoms with Gasteiger partial charge in [0.25, 0.3) is 0 Å². The van der Waals surface area contributed by atoms with E-state index in [9.17, 15) is 9.59 Å².